The van der Waals surface area contributed by atoms with Crippen molar-refractivity contribution in [2.24, 2.45) is 0 Å². The van der Waals surface area contributed by atoms with E-state index < -0.39 is 0 Å². The Morgan fingerprint density at radius 1 is 1.32 bits per heavy atom. The zero-order chi connectivity index (χ0) is 12.8. The van der Waals surface area contributed by atoms with Gasteiger partial charge in [-0.25, -0.2) is 4.98 Å². The number of nitrogens with one attached hydrogen (secondary N) is 1. The zero-order valence-electron chi connectivity index (χ0n) is 10.6. The van der Waals surface area contributed by atoms with Crippen LogP contribution >= 0.6 is 0 Å². The molecule has 1 amide bonds. The quantitative estimate of drug-likeness (QED) is 0.890. The van der Waals surface area contributed by atoms with Crippen molar-refractivity contribution in [1.82, 2.24) is 14.9 Å². The number of benzene rings is 1. The maximum Gasteiger partial charge on any atom is 0.251 e. The minimum absolute atomic E-state index is 0.0330. The second-order valence-electron chi connectivity index (χ2n) is 5.33. The van der Waals surface area contributed by atoms with Crippen molar-refractivity contribution in [1.29, 1.82) is 0 Å². The number of carbonyl (C=O) groups excluding carboxylic acids is 1. The Hall–Kier alpha value is -2.10. The first-order valence-electron chi connectivity index (χ1n) is 6.76. The van der Waals surface area contributed by atoms with Gasteiger partial charge >= 0.3 is 0 Å². The molecule has 1 aromatic carbocycles. The molecular formula is C15H15N3O. The SMILES string of the molecule is O=C1NCCc2ccc(-n3cnc(C4CC4)c3)cc21. The van der Waals surface area contributed by atoms with E-state index in [9.17, 15) is 4.79 Å². The van der Waals surface area contributed by atoms with Gasteiger partial charge in [0.05, 0.1) is 12.0 Å². The van der Waals surface area contributed by atoms with Crippen LogP contribution in [-0.4, -0.2) is 22.0 Å². The van der Waals surface area contributed by atoms with E-state index in [4.69, 9.17) is 0 Å². The second kappa shape index (κ2) is 3.95. The number of rotatable bonds is 2. The van der Waals surface area contributed by atoms with Gasteiger partial charge in [0.15, 0.2) is 0 Å². The van der Waals surface area contributed by atoms with Crippen molar-refractivity contribution in [3.05, 3.63) is 47.5 Å². The highest BCUT2D eigenvalue weighted by molar-refractivity contribution is 5.97. The molecule has 1 aromatic heterocycles. The number of hydrogen-bond acceptors (Lipinski definition) is 2. The molecule has 1 aliphatic carbocycles. The van der Waals surface area contributed by atoms with Crippen LogP contribution in [0.5, 0.6) is 0 Å². The molecule has 0 spiro atoms. The summed E-state index contributed by atoms with van der Waals surface area (Å²) in [5, 5.41) is 2.89. The molecule has 4 heteroatoms. The molecule has 0 saturated heterocycles. The molecule has 2 heterocycles. The third-order valence-electron chi connectivity index (χ3n) is 3.91. The highest BCUT2D eigenvalue weighted by atomic mass is 16.1. The predicted molar refractivity (Wildman–Crippen MR) is 71.6 cm³/mol. The van der Waals surface area contributed by atoms with E-state index in [0.717, 1.165) is 29.8 Å². The summed E-state index contributed by atoms with van der Waals surface area (Å²) >= 11 is 0. The van der Waals surface area contributed by atoms with Crippen molar-refractivity contribution in [3.8, 4) is 5.69 Å². The van der Waals surface area contributed by atoms with E-state index in [1.165, 1.54) is 18.5 Å². The summed E-state index contributed by atoms with van der Waals surface area (Å²) in [7, 11) is 0. The summed E-state index contributed by atoms with van der Waals surface area (Å²) in [6, 6.07) is 6.08. The Bertz CT molecular complexity index is 655. The number of hydrogen-bond donors (Lipinski definition) is 1. The number of imidazole rings is 1. The van der Waals surface area contributed by atoms with Gasteiger partial charge in [-0.15, -0.1) is 0 Å². The summed E-state index contributed by atoms with van der Waals surface area (Å²) in [5.41, 5.74) is 4.11. The lowest BCUT2D eigenvalue weighted by Crippen LogP contribution is -2.31. The molecule has 96 valence electrons. The fraction of sp³-hybridized carbons (Fsp3) is 0.333. The Labute approximate surface area is 111 Å². The smallest absolute Gasteiger partial charge is 0.251 e. The van der Waals surface area contributed by atoms with Crippen LogP contribution in [0.2, 0.25) is 0 Å². The Balaban J connectivity index is 1.74. The minimum atomic E-state index is 0.0330. The Kier molecular flexibility index (Phi) is 2.24. The number of carbonyl (C=O) groups is 1. The molecule has 1 saturated carbocycles. The van der Waals surface area contributed by atoms with Crippen LogP contribution in [0.3, 0.4) is 0 Å². The molecule has 2 aromatic rings. The molecule has 2 aliphatic rings. The van der Waals surface area contributed by atoms with Crippen LogP contribution in [0.4, 0.5) is 0 Å². The fourth-order valence-corrected chi connectivity index (χ4v) is 2.63. The monoisotopic (exact) mass is 253 g/mol. The lowest BCUT2D eigenvalue weighted by molar-refractivity contribution is 0.0946. The van der Waals surface area contributed by atoms with E-state index in [2.05, 4.69) is 28.6 Å². The van der Waals surface area contributed by atoms with Crippen molar-refractivity contribution in [2.45, 2.75) is 25.2 Å². The maximum absolute atomic E-state index is 11.9. The second-order valence-corrected chi connectivity index (χ2v) is 5.33. The van der Waals surface area contributed by atoms with Gasteiger partial charge in [-0.1, -0.05) is 6.07 Å². The molecule has 1 aliphatic heterocycles. The first-order chi connectivity index (χ1) is 9.31. The highest BCUT2D eigenvalue weighted by Crippen LogP contribution is 2.39. The lowest BCUT2D eigenvalue weighted by Gasteiger charge is -2.17. The van der Waals surface area contributed by atoms with Crippen LogP contribution in [0.1, 0.15) is 40.4 Å². The van der Waals surface area contributed by atoms with Gasteiger partial charge in [0.25, 0.3) is 5.91 Å². The average molecular weight is 253 g/mol. The van der Waals surface area contributed by atoms with Crippen LogP contribution in [0, 0.1) is 0 Å². The van der Waals surface area contributed by atoms with Crippen LogP contribution in [0.15, 0.2) is 30.7 Å². The van der Waals surface area contributed by atoms with Gasteiger partial charge in [-0.2, -0.15) is 0 Å². The summed E-state index contributed by atoms with van der Waals surface area (Å²) in [5.74, 6) is 0.688. The van der Waals surface area contributed by atoms with E-state index >= 15 is 0 Å². The standard InChI is InChI=1S/C15H15N3O/c19-15-13-7-12(4-3-10(13)5-6-16-15)18-8-14(17-9-18)11-1-2-11/h3-4,7-9,11H,1-2,5-6H2,(H,16,19). The molecule has 0 atom stereocenters. The first kappa shape index (κ1) is 10.8. The number of nitrogens with zero attached hydrogens (tertiary/aromatic N) is 2. The molecule has 1 N–H and O–H groups in total. The van der Waals surface area contributed by atoms with Crippen molar-refractivity contribution < 1.29 is 4.79 Å². The molecule has 4 nitrogen and oxygen atoms in total. The molecule has 19 heavy (non-hydrogen) atoms. The molecule has 0 unspecified atom stereocenters. The third kappa shape index (κ3) is 1.84. The fourth-order valence-electron chi connectivity index (χ4n) is 2.63. The van der Waals surface area contributed by atoms with Gasteiger partial charge in [0.1, 0.15) is 0 Å². The van der Waals surface area contributed by atoms with Gasteiger partial charge in [0, 0.05) is 29.9 Å². The molecular weight excluding hydrogens is 238 g/mol. The summed E-state index contributed by atoms with van der Waals surface area (Å²) in [6.07, 6.45) is 7.35. The predicted octanol–water partition coefficient (Wildman–Crippen LogP) is 2.04. The Morgan fingerprint density at radius 2 is 2.21 bits per heavy atom. The average Bonchev–Trinajstić information content (AvgIpc) is 3.17. The van der Waals surface area contributed by atoms with Crippen molar-refractivity contribution in [3.63, 3.8) is 0 Å². The molecule has 0 radical (unpaired) electrons. The minimum Gasteiger partial charge on any atom is -0.352 e. The first-order valence-corrected chi connectivity index (χ1v) is 6.76. The molecule has 0 bridgehead atoms. The lowest BCUT2D eigenvalue weighted by atomic mass is 10.00. The topological polar surface area (TPSA) is 46.9 Å². The van der Waals surface area contributed by atoms with Crippen molar-refractivity contribution in [2.75, 3.05) is 6.54 Å². The summed E-state index contributed by atoms with van der Waals surface area (Å²) in [6.45, 7) is 0.738. The van der Waals surface area contributed by atoms with Crippen LogP contribution in [0.25, 0.3) is 5.69 Å². The zero-order valence-corrected chi connectivity index (χ0v) is 10.6. The van der Waals surface area contributed by atoms with Crippen LogP contribution in [-0.2, 0) is 6.42 Å². The normalized spacial score (nSPS) is 18.0. The van der Waals surface area contributed by atoms with Gasteiger partial charge in [0.2, 0.25) is 0 Å². The summed E-state index contributed by atoms with van der Waals surface area (Å²) in [4.78, 5) is 16.3. The van der Waals surface area contributed by atoms with Crippen LogP contribution < -0.4 is 5.32 Å². The maximum atomic E-state index is 11.9. The van der Waals surface area contributed by atoms with E-state index in [1.54, 1.807) is 0 Å². The van der Waals surface area contributed by atoms with E-state index in [0.29, 0.717) is 5.92 Å². The van der Waals surface area contributed by atoms with Gasteiger partial charge in [-0.3, -0.25) is 4.79 Å². The molecule has 4 rings (SSSR count). The van der Waals surface area contributed by atoms with Crippen molar-refractivity contribution >= 4 is 5.91 Å². The highest BCUT2D eigenvalue weighted by Gasteiger charge is 2.26. The van der Waals surface area contributed by atoms with Gasteiger partial charge in [-0.05, 0) is 37.0 Å². The largest absolute Gasteiger partial charge is 0.352 e. The van der Waals surface area contributed by atoms with Gasteiger partial charge < -0.3 is 9.88 Å². The van der Waals surface area contributed by atoms with E-state index in [1.807, 2.05) is 17.0 Å². The number of fused-ring (bicyclic) bond motifs is 1. The number of aromatic nitrogens is 2. The third-order valence-corrected chi connectivity index (χ3v) is 3.91. The summed E-state index contributed by atoms with van der Waals surface area (Å²) < 4.78 is 2.01. The molecule has 1 fully saturated rings. The van der Waals surface area contributed by atoms with E-state index in [-0.39, 0.29) is 5.91 Å². The Morgan fingerprint density at radius 3 is 3.05 bits per heavy atom. The number of amides is 1.